The van der Waals surface area contributed by atoms with E-state index in [1.165, 1.54) is 0 Å². The summed E-state index contributed by atoms with van der Waals surface area (Å²) >= 11 is 0. The van der Waals surface area contributed by atoms with E-state index >= 15 is 0 Å². The summed E-state index contributed by atoms with van der Waals surface area (Å²) in [6, 6.07) is 0.601. The van der Waals surface area contributed by atoms with Crippen molar-refractivity contribution in [2.75, 3.05) is 48.3 Å². The van der Waals surface area contributed by atoms with Crippen molar-refractivity contribution in [3.63, 3.8) is 0 Å². The van der Waals surface area contributed by atoms with Crippen LogP contribution >= 0.6 is 0 Å². The van der Waals surface area contributed by atoms with Gasteiger partial charge in [0, 0.05) is 34.5 Å². The van der Waals surface area contributed by atoms with Crippen molar-refractivity contribution < 1.29 is 37.0 Å². The number of methoxy groups -OCH3 is 1. The summed E-state index contributed by atoms with van der Waals surface area (Å²) in [5.41, 5.74) is 5.09. The first-order valence-corrected chi connectivity index (χ1v) is 9.69. The molecule has 0 heterocycles. The van der Waals surface area contributed by atoms with E-state index in [9.17, 15) is 4.79 Å². The van der Waals surface area contributed by atoms with Gasteiger partial charge in [0.25, 0.3) is 0 Å². The SMILES string of the molecule is COC(C)OCCOCC(CCC[Si](OC)(OC)OC)OC(N)=O. The van der Waals surface area contributed by atoms with Gasteiger partial charge < -0.3 is 38.0 Å². The number of primary amides is 1. The molecular formula is C14H31NO8Si. The molecule has 0 rings (SSSR count). The first-order valence-electron chi connectivity index (χ1n) is 7.76. The molecule has 0 radical (unpaired) electrons. The normalized spacial score (nSPS) is 14.4. The summed E-state index contributed by atoms with van der Waals surface area (Å²) in [4.78, 5) is 11.0. The summed E-state index contributed by atoms with van der Waals surface area (Å²) in [5.74, 6) is 0. The highest BCUT2D eigenvalue weighted by Crippen LogP contribution is 2.18. The molecule has 10 heteroatoms. The summed E-state index contributed by atoms with van der Waals surface area (Å²) in [6.07, 6.45) is -0.328. The number of rotatable bonds is 15. The van der Waals surface area contributed by atoms with Crippen LogP contribution in [0.1, 0.15) is 19.8 Å². The fourth-order valence-electron chi connectivity index (χ4n) is 2.00. The Bertz CT molecular complexity index is 322. The second kappa shape index (κ2) is 13.5. The lowest BCUT2D eigenvalue weighted by Gasteiger charge is -2.25. The van der Waals surface area contributed by atoms with Crippen LogP contribution in [0.2, 0.25) is 6.04 Å². The average molecular weight is 369 g/mol. The molecule has 2 N–H and O–H groups in total. The molecule has 24 heavy (non-hydrogen) atoms. The highest BCUT2D eigenvalue weighted by Gasteiger charge is 2.37. The molecule has 0 aliphatic rings. The molecule has 0 aliphatic carbocycles. The van der Waals surface area contributed by atoms with Crippen molar-refractivity contribution in [3.05, 3.63) is 0 Å². The van der Waals surface area contributed by atoms with Gasteiger partial charge in [-0.05, 0) is 19.8 Å². The van der Waals surface area contributed by atoms with Crippen LogP contribution in [-0.4, -0.2) is 75.6 Å². The van der Waals surface area contributed by atoms with Gasteiger partial charge in [-0.1, -0.05) is 0 Å². The molecular weight excluding hydrogens is 338 g/mol. The van der Waals surface area contributed by atoms with E-state index in [-0.39, 0.29) is 12.9 Å². The third-order valence-electron chi connectivity index (χ3n) is 3.44. The van der Waals surface area contributed by atoms with Gasteiger partial charge in [0.05, 0.1) is 19.8 Å². The molecule has 0 aromatic carbocycles. The maximum Gasteiger partial charge on any atom is 0.500 e. The van der Waals surface area contributed by atoms with Gasteiger partial charge in [0.1, 0.15) is 6.10 Å². The maximum atomic E-state index is 11.0. The van der Waals surface area contributed by atoms with Crippen molar-refractivity contribution in [1.29, 1.82) is 0 Å². The van der Waals surface area contributed by atoms with Crippen molar-refractivity contribution in [2.45, 2.75) is 38.2 Å². The summed E-state index contributed by atoms with van der Waals surface area (Å²) in [6.45, 7) is 2.76. The van der Waals surface area contributed by atoms with E-state index < -0.39 is 21.0 Å². The van der Waals surface area contributed by atoms with Crippen molar-refractivity contribution in [3.8, 4) is 0 Å². The Hall–Kier alpha value is -0.753. The zero-order valence-electron chi connectivity index (χ0n) is 15.2. The second-order valence-corrected chi connectivity index (χ2v) is 8.09. The van der Waals surface area contributed by atoms with Gasteiger partial charge in [-0.3, -0.25) is 0 Å². The van der Waals surface area contributed by atoms with Crippen molar-refractivity contribution in [2.24, 2.45) is 5.73 Å². The average Bonchev–Trinajstić information content (AvgIpc) is 2.57. The van der Waals surface area contributed by atoms with Gasteiger partial charge >= 0.3 is 14.9 Å². The molecule has 0 spiro atoms. The molecule has 0 bridgehead atoms. The molecule has 0 aromatic rings. The highest BCUT2D eigenvalue weighted by atomic mass is 28.4. The van der Waals surface area contributed by atoms with E-state index in [0.29, 0.717) is 32.1 Å². The fraction of sp³-hybridized carbons (Fsp3) is 0.929. The standard InChI is InChI=1S/C14H31NO8Si/c1-12(17-2)22-9-8-21-11-13(23-14(15)16)7-6-10-24(18-3,19-4)20-5/h12-13H,6-11H2,1-5H3,(H2,15,16). The molecule has 0 aliphatic heterocycles. The van der Waals surface area contributed by atoms with Crippen molar-refractivity contribution >= 4 is 14.9 Å². The van der Waals surface area contributed by atoms with Crippen LogP contribution in [0.4, 0.5) is 4.79 Å². The van der Waals surface area contributed by atoms with E-state index in [4.69, 9.17) is 38.0 Å². The molecule has 1 amide bonds. The molecule has 2 unspecified atom stereocenters. The Morgan fingerprint density at radius 2 is 1.71 bits per heavy atom. The molecule has 0 saturated heterocycles. The number of nitrogens with two attached hydrogens (primary N) is 1. The van der Waals surface area contributed by atoms with E-state index in [1.807, 2.05) is 0 Å². The van der Waals surface area contributed by atoms with Gasteiger partial charge in [-0.2, -0.15) is 0 Å². The number of hydrogen-bond donors (Lipinski definition) is 1. The molecule has 0 saturated carbocycles. The Balaban J connectivity index is 4.15. The third kappa shape index (κ3) is 10.2. The van der Waals surface area contributed by atoms with Crippen LogP contribution in [0.3, 0.4) is 0 Å². The predicted octanol–water partition coefficient (Wildman–Crippen LogP) is 1.13. The van der Waals surface area contributed by atoms with Crippen LogP contribution in [-0.2, 0) is 32.2 Å². The first kappa shape index (κ1) is 23.2. The topological polar surface area (TPSA) is 108 Å². The number of ether oxygens (including phenoxy) is 4. The van der Waals surface area contributed by atoms with Crippen molar-refractivity contribution in [1.82, 2.24) is 0 Å². The van der Waals surface area contributed by atoms with Crippen LogP contribution in [0.5, 0.6) is 0 Å². The van der Waals surface area contributed by atoms with E-state index in [0.717, 1.165) is 0 Å². The van der Waals surface area contributed by atoms with Crippen LogP contribution in [0.25, 0.3) is 0 Å². The van der Waals surface area contributed by atoms with Gasteiger partial charge in [0.2, 0.25) is 0 Å². The number of carbonyl (C=O) groups excluding carboxylic acids is 1. The monoisotopic (exact) mass is 369 g/mol. The summed E-state index contributed by atoms with van der Waals surface area (Å²) in [7, 11) is 3.60. The lowest BCUT2D eigenvalue weighted by molar-refractivity contribution is -0.124. The second-order valence-electron chi connectivity index (χ2n) is 5.00. The highest BCUT2D eigenvalue weighted by molar-refractivity contribution is 6.60. The van der Waals surface area contributed by atoms with Crippen LogP contribution in [0.15, 0.2) is 0 Å². The lowest BCUT2D eigenvalue weighted by Crippen LogP contribution is -2.42. The largest absolute Gasteiger partial charge is 0.500 e. The zero-order chi connectivity index (χ0) is 18.4. The molecule has 0 fully saturated rings. The van der Waals surface area contributed by atoms with Gasteiger partial charge in [-0.25, -0.2) is 4.79 Å². The minimum atomic E-state index is -2.63. The summed E-state index contributed by atoms with van der Waals surface area (Å²) in [5, 5.41) is 0. The van der Waals surface area contributed by atoms with Crippen LogP contribution in [0, 0.1) is 0 Å². The molecule has 2 atom stereocenters. The van der Waals surface area contributed by atoms with Gasteiger partial charge in [-0.15, -0.1) is 0 Å². The number of hydrogen-bond acceptors (Lipinski definition) is 8. The minimum Gasteiger partial charge on any atom is -0.444 e. The number of amides is 1. The zero-order valence-corrected chi connectivity index (χ0v) is 16.2. The first-order chi connectivity index (χ1) is 11.4. The lowest BCUT2D eigenvalue weighted by atomic mass is 10.2. The smallest absolute Gasteiger partial charge is 0.444 e. The summed E-state index contributed by atoms with van der Waals surface area (Å²) < 4.78 is 36.8. The molecule has 144 valence electrons. The van der Waals surface area contributed by atoms with E-state index in [2.05, 4.69) is 0 Å². The quantitative estimate of drug-likeness (QED) is 0.260. The Kier molecular flexibility index (Phi) is 13.1. The van der Waals surface area contributed by atoms with E-state index in [1.54, 1.807) is 35.4 Å². The Morgan fingerprint density at radius 1 is 1.08 bits per heavy atom. The third-order valence-corrected chi connectivity index (χ3v) is 6.27. The van der Waals surface area contributed by atoms with Gasteiger partial charge in [0.15, 0.2) is 6.29 Å². The Labute approximate surface area is 145 Å². The number of carbonyl (C=O) groups is 1. The molecule has 9 nitrogen and oxygen atoms in total. The molecule has 0 aromatic heterocycles. The minimum absolute atomic E-state index is 0.231. The van der Waals surface area contributed by atoms with Crippen LogP contribution < -0.4 is 5.73 Å². The fourth-order valence-corrected chi connectivity index (χ4v) is 3.75. The maximum absolute atomic E-state index is 11.0. The Morgan fingerprint density at radius 3 is 2.21 bits per heavy atom. The predicted molar refractivity (Wildman–Crippen MR) is 88.5 cm³/mol.